The van der Waals surface area contributed by atoms with Crippen LogP contribution in [0.25, 0.3) is 0 Å². The molecule has 0 heterocycles. The van der Waals surface area contributed by atoms with Crippen molar-refractivity contribution >= 4 is 23.2 Å². The molecule has 0 aliphatic heterocycles. The molecule has 26 heavy (non-hydrogen) atoms. The van der Waals surface area contributed by atoms with Gasteiger partial charge in [0, 0.05) is 16.9 Å². The lowest BCUT2D eigenvalue weighted by Gasteiger charge is -2.09. The molecule has 0 radical (unpaired) electrons. The Bertz CT molecular complexity index is 903. The first-order valence-electron chi connectivity index (χ1n) is 8.42. The Kier molecular flexibility index (Phi) is 5.44. The lowest BCUT2D eigenvalue weighted by atomic mass is 10.1. The van der Waals surface area contributed by atoms with E-state index in [0.717, 1.165) is 11.1 Å². The Labute approximate surface area is 152 Å². The Balaban J connectivity index is 1.63. The van der Waals surface area contributed by atoms with E-state index in [0.29, 0.717) is 23.4 Å². The van der Waals surface area contributed by atoms with Crippen molar-refractivity contribution in [3.8, 4) is 0 Å². The third-order valence-corrected chi connectivity index (χ3v) is 3.93. The summed E-state index contributed by atoms with van der Waals surface area (Å²) in [5.41, 5.74) is 3.92. The van der Waals surface area contributed by atoms with Crippen LogP contribution in [0.1, 0.15) is 21.5 Å². The van der Waals surface area contributed by atoms with Gasteiger partial charge in [0.1, 0.15) is 0 Å². The summed E-state index contributed by atoms with van der Waals surface area (Å²) in [6.45, 7) is 1.98. The SMILES string of the molecule is Cc1ccc(C(=O)Nc2cccc(NC(=O)Cc3ccccc3)c2)cc1. The molecule has 0 bridgehead atoms. The molecule has 3 rings (SSSR count). The second-order valence-electron chi connectivity index (χ2n) is 6.11. The Morgan fingerprint density at radius 2 is 1.42 bits per heavy atom. The summed E-state index contributed by atoms with van der Waals surface area (Å²) in [5, 5.41) is 5.71. The quantitative estimate of drug-likeness (QED) is 0.719. The van der Waals surface area contributed by atoms with E-state index in [9.17, 15) is 9.59 Å². The van der Waals surface area contributed by atoms with Crippen LogP contribution in [0.15, 0.2) is 78.9 Å². The molecule has 0 spiro atoms. The van der Waals surface area contributed by atoms with Gasteiger partial charge in [0.15, 0.2) is 0 Å². The predicted octanol–water partition coefficient (Wildman–Crippen LogP) is 4.43. The summed E-state index contributed by atoms with van der Waals surface area (Å²) in [6.07, 6.45) is 0.306. The number of hydrogen-bond acceptors (Lipinski definition) is 2. The first kappa shape index (κ1) is 17.4. The normalized spacial score (nSPS) is 10.2. The van der Waals surface area contributed by atoms with Gasteiger partial charge in [0.25, 0.3) is 5.91 Å². The van der Waals surface area contributed by atoms with E-state index in [4.69, 9.17) is 0 Å². The zero-order valence-corrected chi connectivity index (χ0v) is 14.5. The van der Waals surface area contributed by atoms with Gasteiger partial charge in [0.2, 0.25) is 5.91 Å². The summed E-state index contributed by atoms with van der Waals surface area (Å²) in [4.78, 5) is 24.5. The van der Waals surface area contributed by atoms with Crippen molar-refractivity contribution in [3.05, 3.63) is 95.6 Å². The summed E-state index contributed by atoms with van der Waals surface area (Å²) in [6, 6.07) is 24.1. The molecule has 130 valence electrons. The third kappa shape index (κ3) is 4.80. The molecule has 0 atom stereocenters. The van der Waals surface area contributed by atoms with Gasteiger partial charge in [-0.15, -0.1) is 0 Å². The minimum absolute atomic E-state index is 0.0989. The summed E-state index contributed by atoms with van der Waals surface area (Å²) < 4.78 is 0. The van der Waals surface area contributed by atoms with E-state index >= 15 is 0 Å². The molecule has 0 fully saturated rings. The largest absolute Gasteiger partial charge is 0.326 e. The molecule has 0 aromatic heterocycles. The first-order valence-corrected chi connectivity index (χ1v) is 8.42. The first-order chi connectivity index (χ1) is 12.6. The molecular formula is C22H20N2O2. The van der Waals surface area contributed by atoms with Gasteiger partial charge in [-0.05, 0) is 42.8 Å². The van der Waals surface area contributed by atoms with Crippen molar-refractivity contribution in [2.45, 2.75) is 13.3 Å². The van der Waals surface area contributed by atoms with E-state index in [1.165, 1.54) is 0 Å². The molecular weight excluding hydrogens is 324 g/mol. The molecule has 0 saturated heterocycles. The van der Waals surface area contributed by atoms with E-state index in [2.05, 4.69) is 10.6 Å². The number of carbonyl (C=O) groups is 2. The van der Waals surface area contributed by atoms with Gasteiger partial charge in [-0.25, -0.2) is 0 Å². The Morgan fingerprint density at radius 1 is 0.769 bits per heavy atom. The highest BCUT2D eigenvalue weighted by Gasteiger charge is 2.08. The minimum Gasteiger partial charge on any atom is -0.326 e. The van der Waals surface area contributed by atoms with Crippen molar-refractivity contribution in [2.75, 3.05) is 10.6 Å². The van der Waals surface area contributed by atoms with Crippen LogP contribution < -0.4 is 10.6 Å². The number of rotatable bonds is 5. The highest BCUT2D eigenvalue weighted by atomic mass is 16.2. The van der Waals surface area contributed by atoms with Crippen molar-refractivity contribution in [1.82, 2.24) is 0 Å². The van der Waals surface area contributed by atoms with Crippen LogP contribution in [0.2, 0.25) is 0 Å². The molecule has 2 N–H and O–H groups in total. The molecule has 4 heteroatoms. The molecule has 0 unspecified atom stereocenters. The van der Waals surface area contributed by atoms with Crippen molar-refractivity contribution in [3.63, 3.8) is 0 Å². The van der Waals surface area contributed by atoms with Crippen molar-refractivity contribution in [2.24, 2.45) is 0 Å². The smallest absolute Gasteiger partial charge is 0.255 e. The van der Waals surface area contributed by atoms with Crippen LogP contribution in [-0.2, 0) is 11.2 Å². The fourth-order valence-electron chi connectivity index (χ4n) is 2.57. The van der Waals surface area contributed by atoms with Gasteiger partial charge in [0.05, 0.1) is 6.42 Å². The standard InChI is InChI=1S/C22H20N2O2/c1-16-10-12-18(13-11-16)22(26)24-20-9-5-8-19(15-20)23-21(25)14-17-6-3-2-4-7-17/h2-13,15H,14H2,1H3,(H,23,25)(H,24,26). The Hall–Kier alpha value is -3.40. The summed E-state index contributed by atoms with van der Waals surface area (Å²) >= 11 is 0. The number of aryl methyl sites for hydroxylation is 1. The zero-order valence-electron chi connectivity index (χ0n) is 14.5. The monoisotopic (exact) mass is 344 g/mol. The van der Waals surface area contributed by atoms with E-state index in [1.807, 2.05) is 49.4 Å². The molecule has 0 saturated carbocycles. The van der Waals surface area contributed by atoms with E-state index in [1.54, 1.807) is 36.4 Å². The zero-order chi connectivity index (χ0) is 18.4. The highest BCUT2D eigenvalue weighted by molar-refractivity contribution is 6.04. The molecule has 2 amide bonds. The third-order valence-electron chi connectivity index (χ3n) is 3.93. The number of hydrogen-bond donors (Lipinski definition) is 2. The fourth-order valence-corrected chi connectivity index (χ4v) is 2.57. The van der Waals surface area contributed by atoms with Gasteiger partial charge in [-0.3, -0.25) is 9.59 Å². The predicted molar refractivity (Wildman–Crippen MR) is 104 cm³/mol. The van der Waals surface area contributed by atoms with Gasteiger partial charge >= 0.3 is 0 Å². The number of benzene rings is 3. The Morgan fingerprint density at radius 3 is 2.12 bits per heavy atom. The molecule has 3 aromatic rings. The van der Waals surface area contributed by atoms with Crippen LogP contribution >= 0.6 is 0 Å². The topological polar surface area (TPSA) is 58.2 Å². The second kappa shape index (κ2) is 8.12. The van der Waals surface area contributed by atoms with Crippen molar-refractivity contribution < 1.29 is 9.59 Å². The molecule has 4 nitrogen and oxygen atoms in total. The minimum atomic E-state index is -0.183. The van der Waals surface area contributed by atoms with E-state index < -0.39 is 0 Å². The molecule has 0 aliphatic carbocycles. The second-order valence-corrected chi connectivity index (χ2v) is 6.11. The maximum Gasteiger partial charge on any atom is 0.255 e. The number of nitrogens with one attached hydrogen (secondary N) is 2. The van der Waals surface area contributed by atoms with Gasteiger partial charge in [-0.2, -0.15) is 0 Å². The lowest BCUT2D eigenvalue weighted by molar-refractivity contribution is -0.115. The van der Waals surface area contributed by atoms with Crippen molar-refractivity contribution in [1.29, 1.82) is 0 Å². The number of anilines is 2. The van der Waals surface area contributed by atoms with Gasteiger partial charge < -0.3 is 10.6 Å². The maximum atomic E-state index is 12.3. The number of amides is 2. The van der Waals surface area contributed by atoms with Crippen LogP contribution in [0.5, 0.6) is 0 Å². The number of carbonyl (C=O) groups excluding carboxylic acids is 2. The van der Waals surface area contributed by atoms with Gasteiger partial charge in [-0.1, -0.05) is 54.1 Å². The summed E-state index contributed by atoms with van der Waals surface area (Å²) in [7, 11) is 0. The average molecular weight is 344 g/mol. The van der Waals surface area contributed by atoms with Crippen LogP contribution in [0, 0.1) is 6.92 Å². The molecule has 0 aliphatic rings. The van der Waals surface area contributed by atoms with E-state index in [-0.39, 0.29) is 11.8 Å². The van der Waals surface area contributed by atoms with Crippen LogP contribution in [-0.4, -0.2) is 11.8 Å². The highest BCUT2D eigenvalue weighted by Crippen LogP contribution is 2.17. The van der Waals surface area contributed by atoms with Crippen LogP contribution in [0.4, 0.5) is 11.4 Å². The molecule has 3 aromatic carbocycles. The maximum absolute atomic E-state index is 12.3. The summed E-state index contributed by atoms with van der Waals surface area (Å²) in [5.74, 6) is -0.282. The lowest BCUT2D eigenvalue weighted by Crippen LogP contribution is -2.15. The average Bonchev–Trinajstić information content (AvgIpc) is 2.63. The van der Waals surface area contributed by atoms with Crippen LogP contribution in [0.3, 0.4) is 0 Å². The fraction of sp³-hybridized carbons (Fsp3) is 0.0909.